The molecule has 5 nitrogen and oxygen atoms in total. The molecule has 5 heteroatoms. The fraction of sp³-hybridized carbons (Fsp3) is 0.625. The van der Waals surface area contributed by atoms with E-state index in [1.807, 2.05) is 18.7 Å². The largest absolute Gasteiger partial charge is 0.324 e. The van der Waals surface area contributed by atoms with Crippen molar-refractivity contribution in [1.82, 2.24) is 19.6 Å². The van der Waals surface area contributed by atoms with Crippen LogP contribution in [-0.2, 0) is 13.5 Å². The average molecular weight is 287 g/mol. The van der Waals surface area contributed by atoms with E-state index in [9.17, 15) is 0 Å². The highest BCUT2D eigenvalue weighted by Crippen LogP contribution is 2.29. The molecule has 0 saturated heterocycles. The molecule has 2 aromatic heterocycles. The van der Waals surface area contributed by atoms with Crippen LogP contribution in [0.4, 0.5) is 0 Å². The summed E-state index contributed by atoms with van der Waals surface area (Å²) in [5.74, 6) is 0. The molecule has 0 bridgehead atoms. The molecule has 0 aliphatic heterocycles. The Balaban J connectivity index is 1.74. The zero-order valence-electron chi connectivity index (χ0n) is 13.2. The highest BCUT2D eigenvalue weighted by atomic mass is 15.3. The van der Waals surface area contributed by atoms with Crippen molar-refractivity contribution in [3.63, 3.8) is 0 Å². The smallest absolute Gasteiger partial charge is 0.0644 e. The van der Waals surface area contributed by atoms with Gasteiger partial charge in [-0.3, -0.25) is 9.36 Å². The molecule has 0 aromatic carbocycles. The van der Waals surface area contributed by atoms with E-state index < -0.39 is 0 Å². The number of rotatable bonds is 4. The molecule has 1 aliphatic carbocycles. The van der Waals surface area contributed by atoms with Crippen LogP contribution >= 0.6 is 0 Å². The van der Waals surface area contributed by atoms with Gasteiger partial charge >= 0.3 is 0 Å². The molecule has 1 aliphatic rings. The molecule has 2 aromatic rings. The molecule has 0 radical (unpaired) electrons. The van der Waals surface area contributed by atoms with Crippen molar-refractivity contribution in [2.75, 3.05) is 0 Å². The Kier molecular flexibility index (Phi) is 3.85. The normalized spacial score (nSPS) is 17.5. The standard InChI is InChI=1S/C16H25N5/c1-11-16(12(2)20(3)18-11)15(17)10-13-8-9-21(19-13)14-6-4-5-7-14/h8-9,14-15H,4-7,10,17H2,1-3H3. The van der Waals surface area contributed by atoms with Gasteiger partial charge in [-0.2, -0.15) is 10.2 Å². The Hall–Kier alpha value is -1.62. The van der Waals surface area contributed by atoms with E-state index in [-0.39, 0.29) is 6.04 Å². The van der Waals surface area contributed by atoms with Crippen LogP contribution in [0.15, 0.2) is 12.3 Å². The van der Waals surface area contributed by atoms with Crippen molar-refractivity contribution in [2.24, 2.45) is 12.8 Å². The van der Waals surface area contributed by atoms with Gasteiger partial charge in [0.1, 0.15) is 0 Å². The minimum Gasteiger partial charge on any atom is -0.324 e. The van der Waals surface area contributed by atoms with Gasteiger partial charge in [0.15, 0.2) is 0 Å². The summed E-state index contributed by atoms with van der Waals surface area (Å²) in [5.41, 5.74) is 10.8. The number of hydrogen-bond donors (Lipinski definition) is 1. The lowest BCUT2D eigenvalue weighted by Crippen LogP contribution is -2.16. The summed E-state index contributed by atoms with van der Waals surface area (Å²) in [6.07, 6.45) is 8.05. The molecule has 1 atom stereocenters. The fourth-order valence-electron chi connectivity index (χ4n) is 3.51. The summed E-state index contributed by atoms with van der Waals surface area (Å²) < 4.78 is 4.04. The van der Waals surface area contributed by atoms with Crippen LogP contribution in [0.5, 0.6) is 0 Å². The zero-order chi connectivity index (χ0) is 15.0. The Labute approximate surface area is 126 Å². The van der Waals surface area contributed by atoms with Crippen LogP contribution in [-0.4, -0.2) is 19.6 Å². The van der Waals surface area contributed by atoms with Crippen molar-refractivity contribution in [3.8, 4) is 0 Å². The van der Waals surface area contributed by atoms with Crippen LogP contribution in [0.2, 0.25) is 0 Å². The second kappa shape index (κ2) is 5.64. The van der Waals surface area contributed by atoms with E-state index in [0.717, 1.165) is 29.1 Å². The van der Waals surface area contributed by atoms with Crippen molar-refractivity contribution >= 4 is 0 Å². The molecule has 2 N–H and O–H groups in total. The Bertz CT molecular complexity index is 619. The number of aromatic nitrogens is 4. The minimum atomic E-state index is -0.0365. The quantitative estimate of drug-likeness (QED) is 0.940. The number of nitrogens with two attached hydrogens (primary N) is 1. The van der Waals surface area contributed by atoms with Gasteiger partial charge in [-0.15, -0.1) is 0 Å². The highest BCUT2D eigenvalue weighted by molar-refractivity contribution is 5.29. The molecule has 2 heterocycles. The first kappa shape index (κ1) is 14.3. The number of aryl methyl sites for hydroxylation is 2. The average Bonchev–Trinajstić information content (AvgIpc) is 3.11. The van der Waals surface area contributed by atoms with Gasteiger partial charge in [-0.25, -0.2) is 0 Å². The maximum Gasteiger partial charge on any atom is 0.0644 e. The molecular formula is C16H25N5. The molecule has 21 heavy (non-hydrogen) atoms. The fourth-order valence-corrected chi connectivity index (χ4v) is 3.51. The van der Waals surface area contributed by atoms with E-state index in [1.165, 1.54) is 25.7 Å². The predicted octanol–water partition coefficient (Wildman–Crippen LogP) is 2.59. The van der Waals surface area contributed by atoms with Crippen LogP contribution in [0.1, 0.15) is 60.4 Å². The molecule has 0 amide bonds. The van der Waals surface area contributed by atoms with E-state index in [2.05, 4.69) is 29.0 Å². The molecule has 1 saturated carbocycles. The first-order valence-electron chi connectivity index (χ1n) is 7.86. The monoisotopic (exact) mass is 287 g/mol. The maximum atomic E-state index is 6.40. The lowest BCUT2D eigenvalue weighted by atomic mass is 10.0. The van der Waals surface area contributed by atoms with Crippen molar-refractivity contribution in [2.45, 2.75) is 58.0 Å². The van der Waals surface area contributed by atoms with Gasteiger partial charge in [0.2, 0.25) is 0 Å². The molecular weight excluding hydrogens is 262 g/mol. The second-order valence-electron chi connectivity index (χ2n) is 6.24. The van der Waals surface area contributed by atoms with Crippen LogP contribution in [0, 0.1) is 13.8 Å². The molecule has 3 rings (SSSR count). The predicted molar refractivity (Wildman–Crippen MR) is 83.0 cm³/mol. The third-order valence-corrected chi connectivity index (χ3v) is 4.73. The molecule has 1 unspecified atom stereocenters. The van der Waals surface area contributed by atoms with Crippen molar-refractivity contribution in [3.05, 3.63) is 34.9 Å². The Morgan fingerprint density at radius 3 is 2.62 bits per heavy atom. The second-order valence-corrected chi connectivity index (χ2v) is 6.24. The number of hydrogen-bond acceptors (Lipinski definition) is 3. The van der Waals surface area contributed by atoms with Gasteiger partial charge in [0.05, 0.1) is 17.4 Å². The summed E-state index contributed by atoms with van der Waals surface area (Å²) >= 11 is 0. The van der Waals surface area contributed by atoms with E-state index >= 15 is 0 Å². The van der Waals surface area contributed by atoms with Gasteiger partial charge in [-0.05, 0) is 32.8 Å². The van der Waals surface area contributed by atoms with Crippen molar-refractivity contribution in [1.29, 1.82) is 0 Å². The summed E-state index contributed by atoms with van der Waals surface area (Å²) in [6, 6.07) is 2.67. The van der Waals surface area contributed by atoms with Crippen LogP contribution in [0.25, 0.3) is 0 Å². The van der Waals surface area contributed by atoms with Gasteiger partial charge in [0, 0.05) is 37.0 Å². The van der Waals surface area contributed by atoms with E-state index in [0.29, 0.717) is 6.04 Å². The summed E-state index contributed by atoms with van der Waals surface area (Å²) in [5, 5.41) is 9.19. The first-order chi connectivity index (χ1) is 10.1. The van der Waals surface area contributed by atoms with Gasteiger partial charge in [-0.1, -0.05) is 12.8 Å². The Morgan fingerprint density at radius 1 is 1.29 bits per heavy atom. The zero-order valence-corrected chi connectivity index (χ0v) is 13.2. The van der Waals surface area contributed by atoms with Gasteiger partial charge < -0.3 is 5.73 Å². The molecule has 0 spiro atoms. The topological polar surface area (TPSA) is 61.7 Å². The maximum absolute atomic E-state index is 6.40. The van der Waals surface area contributed by atoms with E-state index in [4.69, 9.17) is 10.8 Å². The third-order valence-electron chi connectivity index (χ3n) is 4.73. The number of nitrogens with zero attached hydrogens (tertiary/aromatic N) is 4. The van der Waals surface area contributed by atoms with Crippen LogP contribution in [0.3, 0.4) is 0 Å². The highest BCUT2D eigenvalue weighted by Gasteiger charge is 2.20. The minimum absolute atomic E-state index is 0.0365. The summed E-state index contributed by atoms with van der Waals surface area (Å²) in [6.45, 7) is 4.10. The third kappa shape index (κ3) is 2.75. The van der Waals surface area contributed by atoms with Crippen molar-refractivity contribution < 1.29 is 0 Å². The van der Waals surface area contributed by atoms with E-state index in [1.54, 1.807) is 0 Å². The van der Waals surface area contributed by atoms with Crippen LogP contribution < -0.4 is 5.73 Å². The SMILES string of the molecule is Cc1nn(C)c(C)c1C(N)Cc1ccn(C2CCCC2)n1. The first-order valence-corrected chi connectivity index (χ1v) is 7.86. The lowest BCUT2D eigenvalue weighted by Gasteiger charge is -2.12. The summed E-state index contributed by atoms with van der Waals surface area (Å²) in [7, 11) is 1.97. The molecule has 1 fully saturated rings. The molecule has 114 valence electrons. The van der Waals surface area contributed by atoms with Gasteiger partial charge in [0.25, 0.3) is 0 Å². The lowest BCUT2D eigenvalue weighted by molar-refractivity contribution is 0.461. The Morgan fingerprint density at radius 2 is 2.00 bits per heavy atom. The summed E-state index contributed by atoms with van der Waals surface area (Å²) in [4.78, 5) is 0.